The Morgan fingerprint density at radius 3 is 2.41 bits per heavy atom. The number of hydrogen-bond acceptors (Lipinski definition) is 3. The number of halogens is 2. The van der Waals surface area contributed by atoms with Crippen molar-refractivity contribution in [3.8, 4) is 0 Å². The van der Waals surface area contributed by atoms with Gasteiger partial charge < -0.3 is 5.32 Å². The molecule has 2 rings (SSSR count). The third kappa shape index (κ3) is 4.58. The quantitative estimate of drug-likeness (QED) is 0.514. The number of rotatable bonds is 3. The number of anilines is 1. The first-order valence-electron chi connectivity index (χ1n) is 6.21. The minimum atomic E-state index is -0.884. The highest BCUT2D eigenvalue weighted by molar-refractivity contribution is 6.39. The molecule has 5 nitrogen and oxygen atoms in total. The van der Waals surface area contributed by atoms with Crippen molar-refractivity contribution >= 4 is 46.9 Å². The largest absolute Gasteiger partial charge is 0.329 e. The van der Waals surface area contributed by atoms with Gasteiger partial charge in [-0.3, -0.25) is 9.59 Å². The molecule has 22 heavy (non-hydrogen) atoms. The summed E-state index contributed by atoms with van der Waals surface area (Å²) in [7, 11) is 0. The summed E-state index contributed by atoms with van der Waals surface area (Å²) in [5, 5.41) is 7.00. The van der Waals surface area contributed by atoms with Gasteiger partial charge in [-0.05, 0) is 24.3 Å². The molecule has 0 saturated heterocycles. The highest BCUT2D eigenvalue weighted by atomic mass is 35.5. The summed E-state index contributed by atoms with van der Waals surface area (Å²) in [4.78, 5) is 23.2. The zero-order valence-corrected chi connectivity index (χ0v) is 12.7. The Morgan fingerprint density at radius 2 is 1.73 bits per heavy atom. The molecule has 0 aliphatic carbocycles. The summed E-state index contributed by atoms with van der Waals surface area (Å²) in [5.41, 5.74) is 3.21. The number of benzene rings is 2. The highest BCUT2D eigenvalue weighted by Gasteiger charge is 2.12. The van der Waals surface area contributed by atoms with Gasteiger partial charge in [0, 0.05) is 16.3 Å². The molecule has 0 fully saturated rings. The average molecular weight is 336 g/mol. The van der Waals surface area contributed by atoms with Crippen molar-refractivity contribution in [3.63, 3.8) is 0 Å². The summed E-state index contributed by atoms with van der Waals surface area (Å²) < 4.78 is 0. The summed E-state index contributed by atoms with van der Waals surface area (Å²) in [6.45, 7) is 0. The summed E-state index contributed by atoms with van der Waals surface area (Å²) in [5.74, 6) is -1.70. The minimum Gasteiger partial charge on any atom is -0.318 e. The third-order valence-corrected chi connectivity index (χ3v) is 3.13. The molecule has 2 aromatic rings. The second-order valence-corrected chi connectivity index (χ2v) is 5.03. The number of carbonyl (C=O) groups is 2. The summed E-state index contributed by atoms with van der Waals surface area (Å²) >= 11 is 11.7. The molecule has 0 spiro atoms. The molecular weight excluding hydrogens is 325 g/mol. The van der Waals surface area contributed by atoms with E-state index in [1.54, 1.807) is 48.5 Å². The first-order chi connectivity index (χ1) is 10.6. The van der Waals surface area contributed by atoms with E-state index >= 15 is 0 Å². The van der Waals surface area contributed by atoms with Crippen LogP contribution in [0.3, 0.4) is 0 Å². The van der Waals surface area contributed by atoms with Crippen molar-refractivity contribution in [3.05, 3.63) is 64.1 Å². The van der Waals surface area contributed by atoms with Crippen LogP contribution in [-0.2, 0) is 9.59 Å². The van der Waals surface area contributed by atoms with Crippen LogP contribution in [-0.4, -0.2) is 18.0 Å². The lowest BCUT2D eigenvalue weighted by Crippen LogP contribution is -2.32. The molecule has 7 heteroatoms. The van der Waals surface area contributed by atoms with Crippen molar-refractivity contribution in [2.24, 2.45) is 5.10 Å². The molecule has 0 saturated carbocycles. The molecule has 2 aromatic carbocycles. The molecule has 2 amide bonds. The normalized spacial score (nSPS) is 10.5. The number of hydrazone groups is 1. The van der Waals surface area contributed by atoms with Crippen LogP contribution in [0.15, 0.2) is 53.6 Å². The number of nitrogens with zero attached hydrogens (tertiary/aromatic N) is 1. The molecule has 2 N–H and O–H groups in total. The van der Waals surface area contributed by atoms with Crippen LogP contribution >= 0.6 is 23.2 Å². The number of amides is 2. The molecule has 112 valence electrons. The van der Waals surface area contributed by atoms with E-state index in [-0.39, 0.29) is 0 Å². The van der Waals surface area contributed by atoms with Crippen LogP contribution in [0.5, 0.6) is 0 Å². The van der Waals surface area contributed by atoms with Gasteiger partial charge in [0.25, 0.3) is 0 Å². The van der Waals surface area contributed by atoms with E-state index in [2.05, 4.69) is 15.8 Å². The Bertz CT molecular complexity index is 718. The lowest BCUT2D eigenvalue weighted by molar-refractivity contribution is -0.136. The van der Waals surface area contributed by atoms with E-state index in [1.165, 1.54) is 6.21 Å². The zero-order valence-electron chi connectivity index (χ0n) is 11.2. The van der Waals surface area contributed by atoms with Gasteiger partial charge in [0.05, 0.1) is 11.2 Å². The first-order valence-corrected chi connectivity index (χ1v) is 6.96. The number of carbonyl (C=O) groups excluding carboxylic acids is 2. The predicted molar refractivity (Wildman–Crippen MR) is 87.3 cm³/mol. The number of hydrogen-bond donors (Lipinski definition) is 2. The maximum Gasteiger partial charge on any atom is 0.329 e. The standard InChI is InChI=1S/C15H11Cl2N3O2/c16-11-7-6-10(13(17)8-11)9-18-20-15(22)14(21)19-12-4-2-1-3-5-12/h1-9H,(H,19,21)(H,20,22). The van der Waals surface area contributed by atoms with Crippen LogP contribution in [0.25, 0.3) is 0 Å². The molecule has 0 radical (unpaired) electrons. The topological polar surface area (TPSA) is 70.6 Å². The van der Waals surface area contributed by atoms with Crippen LogP contribution in [0.4, 0.5) is 5.69 Å². The van der Waals surface area contributed by atoms with E-state index in [0.29, 0.717) is 21.3 Å². The first kappa shape index (κ1) is 16.0. The monoisotopic (exact) mass is 335 g/mol. The zero-order chi connectivity index (χ0) is 15.9. The van der Waals surface area contributed by atoms with E-state index in [4.69, 9.17) is 23.2 Å². The van der Waals surface area contributed by atoms with Crippen molar-refractivity contribution in [2.45, 2.75) is 0 Å². The van der Waals surface area contributed by atoms with Crippen molar-refractivity contribution in [1.29, 1.82) is 0 Å². The third-order valence-electron chi connectivity index (χ3n) is 2.57. The van der Waals surface area contributed by atoms with Crippen LogP contribution in [0.2, 0.25) is 10.0 Å². The molecule has 0 heterocycles. The Hall–Kier alpha value is -2.37. The van der Waals surface area contributed by atoms with Gasteiger partial charge >= 0.3 is 11.8 Å². The smallest absolute Gasteiger partial charge is 0.318 e. The van der Waals surface area contributed by atoms with Gasteiger partial charge in [-0.15, -0.1) is 0 Å². The molecule has 0 bridgehead atoms. The lowest BCUT2D eigenvalue weighted by Gasteiger charge is -2.03. The van der Waals surface area contributed by atoms with Crippen LogP contribution < -0.4 is 10.7 Å². The number of para-hydroxylation sites is 1. The van der Waals surface area contributed by atoms with Gasteiger partial charge in [-0.25, -0.2) is 5.43 Å². The maximum atomic E-state index is 11.6. The lowest BCUT2D eigenvalue weighted by atomic mass is 10.2. The summed E-state index contributed by atoms with van der Waals surface area (Å²) in [6, 6.07) is 13.5. The van der Waals surface area contributed by atoms with Crippen molar-refractivity contribution in [2.75, 3.05) is 5.32 Å². The molecule has 0 unspecified atom stereocenters. The molecule has 0 aliphatic rings. The number of nitrogens with one attached hydrogen (secondary N) is 2. The van der Waals surface area contributed by atoms with E-state index in [9.17, 15) is 9.59 Å². The Labute approximate surface area is 136 Å². The molecule has 0 aromatic heterocycles. The maximum absolute atomic E-state index is 11.6. The van der Waals surface area contributed by atoms with Gasteiger partial charge in [0.1, 0.15) is 0 Å². The van der Waals surface area contributed by atoms with E-state index in [0.717, 1.165) is 0 Å². The van der Waals surface area contributed by atoms with Crippen molar-refractivity contribution in [1.82, 2.24) is 5.43 Å². The van der Waals surface area contributed by atoms with Gasteiger partial charge in [-0.1, -0.05) is 47.5 Å². The van der Waals surface area contributed by atoms with Crippen LogP contribution in [0, 0.1) is 0 Å². The SMILES string of the molecule is O=C(NN=Cc1ccc(Cl)cc1Cl)C(=O)Nc1ccccc1. The predicted octanol–water partition coefficient (Wildman–Crippen LogP) is 3.08. The van der Waals surface area contributed by atoms with Gasteiger partial charge in [0.2, 0.25) is 0 Å². The van der Waals surface area contributed by atoms with Gasteiger partial charge in [0.15, 0.2) is 0 Å². The molecule has 0 aliphatic heterocycles. The summed E-state index contributed by atoms with van der Waals surface area (Å²) in [6.07, 6.45) is 1.33. The second kappa shape index (κ2) is 7.59. The minimum absolute atomic E-state index is 0.388. The fourth-order valence-corrected chi connectivity index (χ4v) is 1.98. The Kier molecular flexibility index (Phi) is 5.52. The van der Waals surface area contributed by atoms with Crippen LogP contribution in [0.1, 0.15) is 5.56 Å². The second-order valence-electron chi connectivity index (χ2n) is 4.19. The fraction of sp³-hybridized carbons (Fsp3) is 0. The molecule has 0 atom stereocenters. The van der Waals surface area contributed by atoms with Crippen molar-refractivity contribution < 1.29 is 9.59 Å². The Morgan fingerprint density at radius 1 is 1.00 bits per heavy atom. The fourth-order valence-electron chi connectivity index (χ4n) is 1.53. The van der Waals surface area contributed by atoms with E-state index < -0.39 is 11.8 Å². The highest BCUT2D eigenvalue weighted by Crippen LogP contribution is 2.19. The van der Waals surface area contributed by atoms with E-state index in [1.807, 2.05) is 0 Å². The van der Waals surface area contributed by atoms with Gasteiger partial charge in [-0.2, -0.15) is 5.10 Å². The molecular formula is C15H11Cl2N3O2. The Balaban J connectivity index is 1.92. The average Bonchev–Trinajstić information content (AvgIpc) is 2.50.